The molecule has 0 saturated heterocycles. The van der Waals surface area contributed by atoms with Crippen molar-refractivity contribution in [3.63, 3.8) is 0 Å². The summed E-state index contributed by atoms with van der Waals surface area (Å²) in [7, 11) is 0. The average molecular weight is 302 g/mol. The summed E-state index contributed by atoms with van der Waals surface area (Å²) in [5, 5.41) is 3.81. The van der Waals surface area contributed by atoms with Gasteiger partial charge in [0.2, 0.25) is 5.95 Å². The molecule has 0 aliphatic heterocycles. The molecule has 0 bridgehead atoms. The topological polar surface area (TPSA) is 54.9 Å². The third-order valence-electron chi connectivity index (χ3n) is 2.88. The molecule has 1 N–H and O–H groups in total. The van der Waals surface area contributed by atoms with E-state index >= 15 is 0 Å². The highest BCUT2D eigenvalue weighted by Crippen LogP contribution is 2.23. The lowest BCUT2D eigenvalue weighted by Crippen LogP contribution is -2.14. The Morgan fingerprint density at radius 2 is 2.00 bits per heavy atom. The monoisotopic (exact) mass is 301 g/mol. The molecule has 2 heterocycles. The summed E-state index contributed by atoms with van der Waals surface area (Å²) in [4.78, 5) is 19.9. The first-order valence-electron chi connectivity index (χ1n) is 6.12. The molecule has 0 radical (unpaired) electrons. The van der Waals surface area contributed by atoms with Gasteiger partial charge in [-0.15, -0.1) is 0 Å². The van der Waals surface area contributed by atoms with Crippen LogP contribution in [-0.4, -0.2) is 15.9 Å². The summed E-state index contributed by atoms with van der Waals surface area (Å²) in [6.45, 7) is 0. The number of anilines is 1. The molecule has 2 aromatic heterocycles. The maximum Gasteiger partial charge on any atom is 0.274 e. The fourth-order valence-electron chi connectivity index (χ4n) is 1.89. The number of rotatable bonds is 2. The maximum atomic E-state index is 12.7. The third kappa shape index (κ3) is 2.83. The van der Waals surface area contributed by atoms with Gasteiger partial charge in [0.25, 0.3) is 5.91 Å². The molecule has 0 spiro atoms. The molecular weight excluding hydrogens is 293 g/mol. The van der Waals surface area contributed by atoms with Crippen LogP contribution in [-0.2, 0) is 0 Å². The number of hydrogen-bond donors (Lipinski definition) is 1. The first kappa shape index (κ1) is 13.5. The highest BCUT2D eigenvalue weighted by Gasteiger charge is 2.11. The fourth-order valence-corrected chi connectivity index (χ4v) is 2.16. The van der Waals surface area contributed by atoms with E-state index in [0.29, 0.717) is 16.2 Å². The first-order chi connectivity index (χ1) is 10.1. The standard InChI is InChI=1S/C15H9ClFN3O/c16-11-7-13(20-12-4-2-1-3-10(11)12)15(21)19-9-5-6-14(17)18-8-9/h1-8H,(H,19,21). The molecule has 1 amide bonds. The van der Waals surface area contributed by atoms with Crippen LogP contribution in [0.3, 0.4) is 0 Å². The predicted molar refractivity (Wildman–Crippen MR) is 78.9 cm³/mol. The van der Waals surface area contributed by atoms with Crippen LogP contribution in [0.2, 0.25) is 5.02 Å². The van der Waals surface area contributed by atoms with Crippen molar-refractivity contribution in [1.29, 1.82) is 0 Å². The number of fused-ring (bicyclic) bond motifs is 1. The molecule has 0 atom stereocenters. The number of carbonyl (C=O) groups excluding carboxylic acids is 1. The predicted octanol–water partition coefficient (Wildman–Crippen LogP) is 3.67. The van der Waals surface area contributed by atoms with Crippen molar-refractivity contribution in [3.05, 3.63) is 65.3 Å². The zero-order chi connectivity index (χ0) is 14.8. The largest absolute Gasteiger partial charge is 0.319 e. The van der Waals surface area contributed by atoms with Crippen LogP contribution in [0.5, 0.6) is 0 Å². The van der Waals surface area contributed by atoms with Gasteiger partial charge < -0.3 is 5.32 Å². The zero-order valence-electron chi connectivity index (χ0n) is 10.7. The van der Waals surface area contributed by atoms with Gasteiger partial charge in [-0.3, -0.25) is 4.79 Å². The molecule has 0 aliphatic rings. The number of nitrogens with one attached hydrogen (secondary N) is 1. The zero-order valence-corrected chi connectivity index (χ0v) is 11.4. The minimum absolute atomic E-state index is 0.183. The second kappa shape index (κ2) is 5.46. The molecule has 0 unspecified atom stereocenters. The number of halogens is 2. The molecular formula is C15H9ClFN3O. The van der Waals surface area contributed by atoms with E-state index in [0.717, 1.165) is 11.5 Å². The number of nitrogens with zero attached hydrogens (tertiary/aromatic N) is 2. The summed E-state index contributed by atoms with van der Waals surface area (Å²) >= 11 is 6.15. The van der Waals surface area contributed by atoms with Gasteiger partial charge in [0.1, 0.15) is 5.69 Å². The van der Waals surface area contributed by atoms with E-state index < -0.39 is 11.9 Å². The highest BCUT2D eigenvalue weighted by atomic mass is 35.5. The quantitative estimate of drug-likeness (QED) is 0.735. The first-order valence-corrected chi connectivity index (χ1v) is 6.49. The van der Waals surface area contributed by atoms with Crippen LogP contribution >= 0.6 is 11.6 Å². The van der Waals surface area contributed by atoms with E-state index in [-0.39, 0.29) is 5.69 Å². The lowest BCUT2D eigenvalue weighted by molar-refractivity contribution is 0.102. The van der Waals surface area contributed by atoms with E-state index in [4.69, 9.17) is 11.6 Å². The number of amides is 1. The van der Waals surface area contributed by atoms with Crippen molar-refractivity contribution in [2.24, 2.45) is 0 Å². The van der Waals surface area contributed by atoms with Crippen LogP contribution in [0.25, 0.3) is 10.9 Å². The van der Waals surface area contributed by atoms with Crippen molar-refractivity contribution < 1.29 is 9.18 Å². The van der Waals surface area contributed by atoms with E-state index in [9.17, 15) is 9.18 Å². The number of hydrogen-bond acceptors (Lipinski definition) is 3. The van der Waals surface area contributed by atoms with Gasteiger partial charge in [0, 0.05) is 5.39 Å². The fraction of sp³-hybridized carbons (Fsp3) is 0. The summed E-state index contributed by atoms with van der Waals surface area (Å²) in [6, 6.07) is 11.3. The molecule has 0 fully saturated rings. The van der Waals surface area contributed by atoms with Crippen molar-refractivity contribution >= 4 is 34.1 Å². The molecule has 21 heavy (non-hydrogen) atoms. The Hall–Kier alpha value is -2.53. The van der Waals surface area contributed by atoms with Gasteiger partial charge in [0.05, 0.1) is 22.4 Å². The van der Waals surface area contributed by atoms with Gasteiger partial charge in [0.15, 0.2) is 0 Å². The highest BCUT2D eigenvalue weighted by molar-refractivity contribution is 6.35. The van der Waals surface area contributed by atoms with Crippen LogP contribution in [0.1, 0.15) is 10.5 Å². The minimum Gasteiger partial charge on any atom is -0.319 e. The van der Waals surface area contributed by atoms with E-state index in [2.05, 4.69) is 15.3 Å². The number of pyridine rings is 2. The van der Waals surface area contributed by atoms with Crippen LogP contribution in [0, 0.1) is 5.95 Å². The van der Waals surface area contributed by atoms with Gasteiger partial charge in [-0.1, -0.05) is 29.8 Å². The van der Waals surface area contributed by atoms with Crippen molar-refractivity contribution in [2.45, 2.75) is 0 Å². The molecule has 6 heteroatoms. The number of carbonyl (C=O) groups is 1. The van der Waals surface area contributed by atoms with Gasteiger partial charge in [-0.25, -0.2) is 9.97 Å². The number of benzene rings is 1. The van der Waals surface area contributed by atoms with Gasteiger partial charge >= 0.3 is 0 Å². The van der Waals surface area contributed by atoms with Crippen molar-refractivity contribution in [3.8, 4) is 0 Å². The Labute approximate surface area is 124 Å². The normalized spacial score (nSPS) is 10.6. The van der Waals surface area contributed by atoms with Gasteiger partial charge in [-0.05, 0) is 24.3 Å². The summed E-state index contributed by atoms with van der Waals surface area (Å²) < 4.78 is 12.7. The minimum atomic E-state index is -0.611. The van der Waals surface area contributed by atoms with E-state index in [1.54, 1.807) is 6.07 Å². The summed E-state index contributed by atoms with van der Waals surface area (Å²) in [6.07, 6.45) is 1.23. The summed E-state index contributed by atoms with van der Waals surface area (Å²) in [5.41, 5.74) is 1.20. The second-order valence-corrected chi connectivity index (χ2v) is 4.74. The molecule has 1 aromatic carbocycles. The lowest BCUT2D eigenvalue weighted by atomic mass is 10.2. The van der Waals surface area contributed by atoms with Gasteiger partial charge in [-0.2, -0.15) is 4.39 Å². The smallest absolute Gasteiger partial charge is 0.274 e. The Morgan fingerprint density at radius 1 is 1.19 bits per heavy atom. The molecule has 3 rings (SSSR count). The molecule has 4 nitrogen and oxygen atoms in total. The lowest BCUT2D eigenvalue weighted by Gasteiger charge is -2.06. The molecule has 0 aliphatic carbocycles. The van der Waals surface area contributed by atoms with Crippen molar-refractivity contribution in [2.75, 3.05) is 5.32 Å². The summed E-state index contributed by atoms with van der Waals surface area (Å²) in [5.74, 6) is -1.05. The van der Waals surface area contributed by atoms with Crippen molar-refractivity contribution in [1.82, 2.24) is 9.97 Å². The third-order valence-corrected chi connectivity index (χ3v) is 3.20. The SMILES string of the molecule is O=C(Nc1ccc(F)nc1)c1cc(Cl)c2ccccc2n1. The van der Waals surface area contributed by atoms with Crippen LogP contribution in [0.4, 0.5) is 10.1 Å². The van der Waals surface area contributed by atoms with E-state index in [1.165, 1.54) is 18.3 Å². The second-order valence-electron chi connectivity index (χ2n) is 4.33. The van der Waals surface area contributed by atoms with Crippen LogP contribution in [0.15, 0.2) is 48.7 Å². The average Bonchev–Trinajstić information content (AvgIpc) is 2.49. The maximum absolute atomic E-state index is 12.7. The van der Waals surface area contributed by atoms with E-state index in [1.807, 2.05) is 18.2 Å². The Morgan fingerprint density at radius 3 is 2.76 bits per heavy atom. The molecule has 3 aromatic rings. The Bertz CT molecular complexity index is 821. The van der Waals surface area contributed by atoms with Crippen LogP contribution < -0.4 is 5.32 Å². The molecule has 104 valence electrons. The number of aromatic nitrogens is 2. The Kier molecular flexibility index (Phi) is 3.50. The Balaban J connectivity index is 1.92. The molecule has 0 saturated carbocycles. The number of para-hydroxylation sites is 1.